The molecule has 22 heavy (non-hydrogen) atoms. The Hall–Kier alpha value is -2.49. The Morgan fingerprint density at radius 2 is 1.77 bits per heavy atom. The standard InChI is InChI=1S/C18H23N3O/c1-13-4-7-16(8-5-13)21-18(19)20-11-10-15-12-14(2)6-9-17(15)22-3/h4-9,12H,10-11H2,1-3H3,(H3,19,20,21). The van der Waals surface area contributed by atoms with E-state index in [1.54, 1.807) is 7.11 Å². The monoisotopic (exact) mass is 297 g/mol. The van der Waals surface area contributed by atoms with Gasteiger partial charge >= 0.3 is 0 Å². The average Bonchev–Trinajstić information content (AvgIpc) is 2.50. The zero-order valence-electron chi connectivity index (χ0n) is 13.4. The van der Waals surface area contributed by atoms with E-state index in [2.05, 4.69) is 30.2 Å². The summed E-state index contributed by atoms with van der Waals surface area (Å²) < 4.78 is 5.37. The topological polar surface area (TPSA) is 59.6 Å². The number of benzene rings is 2. The van der Waals surface area contributed by atoms with E-state index in [1.807, 2.05) is 36.4 Å². The molecule has 0 heterocycles. The van der Waals surface area contributed by atoms with Crippen LogP contribution in [0.1, 0.15) is 16.7 Å². The van der Waals surface area contributed by atoms with E-state index < -0.39 is 0 Å². The number of rotatable bonds is 5. The van der Waals surface area contributed by atoms with Crippen molar-refractivity contribution in [2.45, 2.75) is 20.3 Å². The molecule has 0 saturated carbocycles. The van der Waals surface area contributed by atoms with E-state index in [1.165, 1.54) is 11.1 Å². The fourth-order valence-corrected chi connectivity index (χ4v) is 2.22. The van der Waals surface area contributed by atoms with Crippen molar-refractivity contribution in [2.75, 3.05) is 19.0 Å². The zero-order valence-corrected chi connectivity index (χ0v) is 13.4. The Balaban J connectivity index is 1.94. The normalized spacial score (nSPS) is 11.3. The number of nitrogens with two attached hydrogens (primary N) is 1. The van der Waals surface area contributed by atoms with Crippen LogP contribution in [0.25, 0.3) is 0 Å². The molecule has 0 aliphatic rings. The van der Waals surface area contributed by atoms with Crippen molar-refractivity contribution in [3.05, 3.63) is 59.2 Å². The summed E-state index contributed by atoms with van der Waals surface area (Å²) in [5.41, 5.74) is 10.4. The van der Waals surface area contributed by atoms with Gasteiger partial charge in [-0.05, 0) is 44.0 Å². The highest BCUT2D eigenvalue weighted by Crippen LogP contribution is 2.20. The summed E-state index contributed by atoms with van der Waals surface area (Å²) in [5, 5.41) is 3.09. The first-order valence-electron chi connectivity index (χ1n) is 7.35. The zero-order chi connectivity index (χ0) is 15.9. The Kier molecular flexibility index (Phi) is 5.42. The summed E-state index contributed by atoms with van der Waals surface area (Å²) in [6, 6.07) is 14.2. The first-order chi connectivity index (χ1) is 10.6. The molecule has 2 aromatic carbocycles. The molecule has 4 nitrogen and oxygen atoms in total. The summed E-state index contributed by atoms with van der Waals surface area (Å²) in [4.78, 5) is 4.37. The number of nitrogens with one attached hydrogen (secondary N) is 1. The molecule has 0 aliphatic heterocycles. The van der Waals surface area contributed by atoms with E-state index in [4.69, 9.17) is 10.5 Å². The lowest BCUT2D eigenvalue weighted by molar-refractivity contribution is 0.409. The summed E-state index contributed by atoms with van der Waals surface area (Å²) >= 11 is 0. The van der Waals surface area contributed by atoms with Gasteiger partial charge in [-0.15, -0.1) is 0 Å². The first kappa shape index (κ1) is 15.9. The molecule has 0 spiro atoms. The maximum atomic E-state index is 5.92. The second-order valence-corrected chi connectivity index (χ2v) is 5.32. The predicted molar refractivity (Wildman–Crippen MR) is 92.7 cm³/mol. The first-order valence-corrected chi connectivity index (χ1v) is 7.35. The number of methoxy groups -OCH3 is 1. The number of hydrogen-bond acceptors (Lipinski definition) is 2. The van der Waals surface area contributed by atoms with Crippen molar-refractivity contribution in [1.82, 2.24) is 0 Å². The average molecular weight is 297 g/mol. The maximum absolute atomic E-state index is 5.92. The molecule has 0 radical (unpaired) electrons. The Morgan fingerprint density at radius 3 is 2.45 bits per heavy atom. The van der Waals surface area contributed by atoms with Gasteiger partial charge in [-0.2, -0.15) is 0 Å². The quantitative estimate of drug-likeness (QED) is 0.657. The molecule has 0 aromatic heterocycles. The SMILES string of the molecule is COc1ccc(C)cc1CCN=C(N)Nc1ccc(C)cc1. The predicted octanol–water partition coefficient (Wildman–Crippen LogP) is 3.28. The van der Waals surface area contributed by atoms with Crippen LogP contribution in [0, 0.1) is 13.8 Å². The molecule has 2 rings (SSSR count). The van der Waals surface area contributed by atoms with Gasteiger partial charge in [-0.1, -0.05) is 35.4 Å². The molecular weight excluding hydrogens is 274 g/mol. The number of hydrogen-bond donors (Lipinski definition) is 2. The maximum Gasteiger partial charge on any atom is 0.193 e. The van der Waals surface area contributed by atoms with Crippen LogP contribution < -0.4 is 15.8 Å². The minimum Gasteiger partial charge on any atom is -0.496 e. The van der Waals surface area contributed by atoms with Crippen LogP contribution in [0.2, 0.25) is 0 Å². The summed E-state index contributed by atoms with van der Waals surface area (Å²) in [6.07, 6.45) is 0.793. The summed E-state index contributed by atoms with van der Waals surface area (Å²) in [6.45, 7) is 4.74. The molecule has 0 unspecified atom stereocenters. The van der Waals surface area contributed by atoms with E-state index in [-0.39, 0.29) is 0 Å². The van der Waals surface area contributed by atoms with Crippen molar-refractivity contribution < 1.29 is 4.74 Å². The molecule has 3 N–H and O–H groups in total. The third-order valence-electron chi connectivity index (χ3n) is 3.42. The lowest BCUT2D eigenvalue weighted by atomic mass is 10.1. The van der Waals surface area contributed by atoms with Crippen molar-refractivity contribution in [3.63, 3.8) is 0 Å². The van der Waals surface area contributed by atoms with Crippen molar-refractivity contribution >= 4 is 11.6 Å². The van der Waals surface area contributed by atoms with E-state index in [0.29, 0.717) is 12.5 Å². The molecule has 0 fully saturated rings. The van der Waals surface area contributed by atoms with Gasteiger partial charge in [0.2, 0.25) is 0 Å². The van der Waals surface area contributed by atoms with Crippen molar-refractivity contribution in [1.29, 1.82) is 0 Å². The number of ether oxygens (including phenoxy) is 1. The van der Waals surface area contributed by atoms with E-state index in [0.717, 1.165) is 23.4 Å². The summed E-state index contributed by atoms with van der Waals surface area (Å²) in [7, 11) is 1.69. The Bertz CT molecular complexity index is 648. The molecule has 2 aromatic rings. The highest BCUT2D eigenvalue weighted by atomic mass is 16.5. The molecule has 0 amide bonds. The molecule has 4 heteroatoms. The number of anilines is 1. The minimum atomic E-state index is 0.426. The van der Waals surface area contributed by atoms with Crippen molar-refractivity contribution in [3.8, 4) is 5.75 Å². The van der Waals surface area contributed by atoms with Gasteiger partial charge < -0.3 is 15.8 Å². The van der Waals surface area contributed by atoms with Gasteiger partial charge in [0.25, 0.3) is 0 Å². The number of aryl methyl sites for hydroxylation is 2. The Morgan fingerprint density at radius 1 is 1.09 bits per heavy atom. The Labute approximate surface area is 132 Å². The third kappa shape index (κ3) is 4.52. The lowest BCUT2D eigenvalue weighted by Crippen LogP contribution is -2.23. The van der Waals surface area contributed by atoms with Crippen LogP contribution >= 0.6 is 0 Å². The van der Waals surface area contributed by atoms with E-state index >= 15 is 0 Å². The molecule has 0 aliphatic carbocycles. The van der Waals surface area contributed by atoms with E-state index in [9.17, 15) is 0 Å². The number of nitrogens with zero attached hydrogens (tertiary/aromatic N) is 1. The molecule has 0 atom stereocenters. The van der Waals surface area contributed by atoms with Gasteiger partial charge in [0, 0.05) is 12.2 Å². The van der Waals surface area contributed by atoms with Crippen LogP contribution in [0.4, 0.5) is 5.69 Å². The molecular formula is C18H23N3O. The lowest BCUT2D eigenvalue weighted by Gasteiger charge is -2.09. The van der Waals surface area contributed by atoms with Crippen LogP contribution in [0.3, 0.4) is 0 Å². The van der Waals surface area contributed by atoms with Crippen LogP contribution in [0.15, 0.2) is 47.5 Å². The number of aliphatic imine (C=N–C) groups is 1. The third-order valence-corrected chi connectivity index (χ3v) is 3.42. The fourth-order valence-electron chi connectivity index (χ4n) is 2.22. The van der Waals surface area contributed by atoms with Crippen molar-refractivity contribution in [2.24, 2.45) is 10.7 Å². The van der Waals surface area contributed by atoms with Crippen LogP contribution in [-0.2, 0) is 6.42 Å². The largest absolute Gasteiger partial charge is 0.496 e. The molecule has 0 bridgehead atoms. The van der Waals surface area contributed by atoms with Gasteiger partial charge in [0.1, 0.15) is 5.75 Å². The highest BCUT2D eigenvalue weighted by Gasteiger charge is 2.03. The second-order valence-electron chi connectivity index (χ2n) is 5.32. The number of guanidine groups is 1. The fraction of sp³-hybridized carbons (Fsp3) is 0.278. The van der Waals surface area contributed by atoms with Gasteiger partial charge in [-0.25, -0.2) is 0 Å². The van der Waals surface area contributed by atoms with Crippen LogP contribution in [0.5, 0.6) is 5.75 Å². The summed E-state index contributed by atoms with van der Waals surface area (Å²) in [5.74, 6) is 1.32. The highest BCUT2D eigenvalue weighted by molar-refractivity contribution is 5.92. The van der Waals surface area contributed by atoms with Gasteiger partial charge in [0.15, 0.2) is 5.96 Å². The molecule has 116 valence electrons. The van der Waals surface area contributed by atoms with Crippen LogP contribution in [-0.4, -0.2) is 19.6 Å². The smallest absolute Gasteiger partial charge is 0.193 e. The second kappa shape index (κ2) is 7.50. The van der Waals surface area contributed by atoms with Gasteiger partial charge in [0.05, 0.1) is 7.11 Å². The molecule has 0 saturated heterocycles. The minimum absolute atomic E-state index is 0.426. The van der Waals surface area contributed by atoms with Gasteiger partial charge in [-0.3, -0.25) is 4.99 Å².